The largest absolute Gasteiger partial charge is 0.465 e. The summed E-state index contributed by atoms with van der Waals surface area (Å²) in [6.07, 6.45) is -0.843. The van der Waals surface area contributed by atoms with Gasteiger partial charge >= 0.3 is 13.7 Å². The molecule has 0 aliphatic carbocycles. The lowest BCUT2D eigenvalue weighted by Gasteiger charge is -2.22. The minimum Gasteiger partial charge on any atom is -0.465 e. The number of hydrogen-bond donors (Lipinski definition) is 5. The van der Waals surface area contributed by atoms with Crippen molar-refractivity contribution >= 4 is 25.5 Å². The molecule has 0 fully saturated rings. The Balaban J connectivity index is 2.54. The molecule has 2 unspecified atom stereocenters. The molecule has 11 nitrogen and oxygen atoms in total. The third-order valence-corrected chi connectivity index (χ3v) is 6.81. The summed E-state index contributed by atoms with van der Waals surface area (Å²) in [5.41, 5.74) is 0.309. The molecule has 3 amide bonds. The Hall–Kier alpha value is -2.53. The highest BCUT2D eigenvalue weighted by molar-refractivity contribution is 7.54. The van der Waals surface area contributed by atoms with Crippen molar-refractivity contribution in [2.75, 3.05) is 32.5 Å². The molecule has 1 aromatic carbocycles. The van der Waals surface area contributed by atoms with Gasteiger partial charge in [-0.1, -0.05) is 18.2 Å². The van der Waals surface area contributed by atoms with Gasteiger partial charge in [0, 0.05) is 6.54 Å². The Morgan fingerprint density at radius 1 is 1.09 bits per heavy atom. The van der Waals surface area contributed by atoms with Crippen molar-refractivity contribution in [3.8, 4) is 0 Å². The summed E-state index contributed by atoms with van der Waals surface area (Å²) in [6, 6.07) is 4.06. The van der Waals surface area contributed by atoms with E-state index in [4.69, 9.17) is 14.2 Å². The summed E-state index contributed by atoms with van der Waals surface area (Å²) < 4.78 is 36.4. The Labute approximate surface area is 204 Å². The molecule has 13 heteroatoms. The van der Waals surface area contributed by atoms with Gasteiger partial charge in [0.15, 0.2) is 0 Å². The molecular weight excluding hydrogens is 484 g/mol. The SMILES string of the molecule is CCOP(=O)(CC(=O)NCCCCC(NC(=O)O)C(=O)NC(CO)Cc1ccccc1F)OCC. The summed E-state index contributed by atoms with van der Waals surface area (Å²) in [7, 11) is -3.51. The van der Waals surface area contributed by atoms with Gasteiger partial charge in [0.25, 0.3) is 0 Å². The standard InChI is InChI=1S/C22H35FN3O8P/c1-3-33-35(32,34-4-2)15-20(28)24-12-8-7-11-19(26-22(30)31)21(29)25-17(14-27)13-16-9-5-6-10-18(16)23/h5-6,9-10,17,19,26-27H,3-4,7-8,11-15H2,1-2H3,(H,24,28)(H,25,29)(H,30,31). The Morgan fingerprint density at radius 2 is 1.74 bits per heavy atom. The van der Waals surface area contributed by atoms with Crippen molar-refractivity contribution in [2.24, 2.45) is 0 Å². The summed E-state index contributed by atoms with van der Waals surface area (Å²) in [4.78, 5) is 35.8. The van der Waals surface area contributed by atoms with Crippen molar-refractivity contribution in [1.82, 2.24) is 16.0 Å². The molecule has 0 aliphatic heterocycles. The highest BCUT2D eigenvalue weighted by Crippen LogP contribution is 2.47. The lowest BCUT2D eigenvalue weighted by Crippen LogP contribution is -2.50. The van der Waals surface area contributed by atoms with Crippen LogP contribution in [0.2, 0.25) is 0 Å². The van der Waals surface area contributed by atoms with E-state index in [1.807, 2.05) is 0 Å². The van der Waals surface area contributed by atoms with E-state index in [2.05, 4.69) is 16.0 Å². The minimum atomic E-state index is -3.51. The number of carbonyl (C=O) groups excluding carboxylic acids is 2. The number of carbonyl (C=O) groups is 3. The quantitative estimate of drug-likeness (QED) is 0.154. The van der Waals surface area contributed by atoms with Crippen molar-refractivity contribution in [2.45, 2.75) is 51.6 Å². The van der Waals surface area contributed by atoms with Gasteiger partial charge in [0.05, 0.1) is 25.9 Å². The summed E-state index contributed by atoms with van der Waals surface area (Å²) in [5, 5.41) is 25.9. The number of aliphatic hydroxyl groups excluding tert-OH is 1. The molecule has 1 aromatic rings. The second-order valence-electron chi connectivity index (χ2n) is 7.64. The molecule has 0 saturated carbocycles. The molecular formula is C22H35FN3O8P. The van der Waals surface area contributed by atoms with Gasteiger partial charge in [-0.15, -0.1) is 0 Å². The van der Waals surface area contributed by atoms with Gasteiger partial charge in [-0.25, -0.2) is 9.18 Å². The molecule has 0 bridgehead atoms. The molecule has 0 aromatic heterocycles. The molecule has 0 saturated heterocycles. The zero-order valence-corrected chi connectivity index (χ0v) is 20.9. The second kappa shape index (κ2) is 16.2. The predicted molar refractivity (Wildman–Crippen MR) is 127 cm³/mol. The molecule has 0 aliphatic rings. The summed E-state index contributed by atoms with van der Waals surface area (Å²) in [5.74, 6) is -1.63. The van der Waals surface area contributed by atoms with E-state index >= 15 is 0 Å². The fraction of sp³-hybridized carbons (Fsp3) is 0.591. The summed E-state index contributed by atoms with van der Waals surface area (Å²) >= 11 is 0. The molecule has 5 N–H and O–H groups in total. The van der Waals surface area contributed by atoms with Crippen molar-refractivity contribution in [3.05, 3.63) is 35.6 Å². The van der Waals surface area contributed by atoms with E-state index in [0.29, 0.717) is 18.4 Å². The van der Waals surface area contributed by atoms with Crippen molar-refractivity contribution < 1.29 is 42.6 Å². The van der Waals surface area contributed by atoms with E-state index in [9.17, 15) is 28.4 Å². The zero-order chi connectivity index (χ0) is 26.3. The number of halogens is 1. The van der Waals surface area contributed by atoms with Crippen LogP contribution in [0.1, 0.15) is 38.7 Å². The van der Waals surface area contributed by atoms with E-state index in [1.165, 1.54) is 18.2 Å². The van der Waals surface area contributed by atoms with Crippen LogP contribution in [0.3, 0.4) is 0 Å². The molecule has 0 heterocycles. The monoisotopic (exact) mass is 519 g/mol. The van der Waals surface area contributed by atoms with Gasteiger partial charge in [0.2, 0.25) is 11.8 Å². The average molecular weight is 520 g/mol. The number of rotatable bonds is 17. The first-order valence-corrected chi connectivity index (χ1v) is 13.2. The number of nitrogens with one attached hydrogen (secondary N) is 3. The van der Waals surface area contributed by atoms with Crippen LogP contribution < -0.4 is 16.0 Å². The number of benzene rings is 1. The lowest BCUT2D eigenvalue weighted by atomic mass is 10.0. The first-order chi connectivity index (χ1) is 16.6. The second-order valence-corrected chi connectivity index (χ2v) is 9.69. The van der Waals surface area contributed by atoms with Crippen LogP contribution in [0.4, 0.5) is 9.18 Å². The van der Waals surface area contributed by atoms with Crippen LogP contribution >= 0.6 is 7.60 Å². The molecule has 0 spiro atoms. The van der Waals surface area contributed by atoms with Crippen LogP contribution in [-0.2, 0) is 29.6 Å². The van der Waals surface area contributed by atoms with Crippen LogP contribution in [0.25, 0.3) is 0 Å². The molecule has 1 rings (SSSR count). The third kappa shape index (κ3) is 12.1. The molecule has 35 heavy (non-hydrogen) atoms. The fourth-order valence-electron chi connectivity index (χ4n) is 3.27. The number of carboxylic acid groups (broad SMARTS) is 1. The van der Waals surface area contributed by atoms with Crippen molar-refractivity contribution in [1.29, 1.82) is 0 Å². The molecule has 0 radical (unpaired) electrons. The van der Waals surface area contributed by atoms with Gasteiger partial charge < -0.3 is 35.2 Å². The maximum atomic E-state index is 13.9. The van der Waals surface area contributed by atoms with Crippen molar-refractivity contribution in [3.63, 3.8) is 0 Å². The topological polar surface area (TPSA) is 163 Å². The maximum Gasteiger partial charge on any atom is 0.405 e. The first kappa shape index (κ1) is 30.5. The highest BCUT2D eigenvalue weighted by Gasteiger charge is 2.27. The Kier molecular flexibility index (Phi) is 14.1. The Morgan fingerprint density at radius 3 is 2.31 bits per heavy atom. The molecule has 198 valence electrons. The van der Waals surface area contributed by atoms with E-state index in [1.54, 1.807) is 19.9 Å². The molecule has 2 atom stereocenters. The van der Waals surface area contributed by atoms with E-state index < -0.39 is 56.2 Å². The number of hydrogen-bond acceptors (Lipinski definition) is 7. The summed E-state index contributed by atoms with van der Waals surface area (Å²) in [6.45, 7) is 3.32. The van der Waals surface area contributed by atoms with Crippen LogP contribution in [0.5, 0.6) is 0 Å². The Bertz CT molecular complexity index is 863. The first-order valence-electron chi connectivity index (χ1n) is 11.4. The average Bonchev–Trinajstić information content (AvgIpc) is 2.78. The minimum absolute atomic E-state index is 0.0358. The van der Waals surface area contributed by atoms with Gasteiger partial charge in [0.1, 0.15) is 18.0 Å². The van der Waals surface area contributed by atoms with Crippen LogP contribution in [-0.4, -0.2) is 72.7 Å². The van der Waals surface area contributed by atoms with Crippen LogP contribution in [0, 0.1) is 5.82 Å². The third-order valence-electron chi connectivity index (χ3n) is 4.84. The van der Waals surface area contributed by atoms with E-state index in [0.717, 1.165) is 0 Å². The lowest BCUT2D eigenvalue weighted by molar-refractivity contribution is -0.124. The number of amides is 3. The maximum absolute atomic E-state index is 13.9. The smallest absolute Gasteiger partial charge is 0.405 e. The number of aliphatic hydroxyl groups is 1. The van der Waals surface area contributed by atoms with Gasteiger partial charge in [-0.2, -0.15) is 0 Å². The fourth-order valence-corrected chi connectivity index (χ4v) is 4.77. The van der Waals surface area contributed by atoms with Crippen LogP contribution in [0.15, 0.2) is 24.3 Å². The highest BCUT2D eigenvalue weighted by atomic mass is 31.2. The van der Waals surface area contributed by atoms with E-state index in [-0.39, 0.29) is 32.6 Å². The van der Waals surface area contributed by atoms with Gasteiger partial charge in [-0.05, 0) is 51.2 Å². The predicted octanol–water partition coefficient (Wildman–Crippen LogP) is 2.03. The van der Waals surface area contributed by atoms with Gasteiger partial charge in [-0.3, -0.25) is 14.2 Å². The zero-order valence-electron chi connectivity index (χ0n) is 20.0. The normalized spacial score (nSPS) is 13.0. The number of unbranched alkanes of at least 4 members (excludes halogenated alkanes) is 1.